The molecule has 1 heterocycles. The standard InChI is InChI=1S/C21H24N2O3/c24-20(17-7-2-1-3-8-17)11-6-12-21(25)22-18-9-4-5-10-19(18)23-13-15-26-16-14-23/h1-5,7-10H,6,11-16H2,(H,22,25). The number of benzene rings is 2. The van der Waals surface area contributed by atoms with Crippen LogP contribution in [0, 0.1) is 0 Å². The maximum absolute atomic E-state index is 12.3. The molecule has 1 aliphatic rings. The zero-order valence-corrected chi connectivity index (χ0v) is 14.8. The molecule has 1 N–H and O–H groups in total. The molecular formula is C21H24N2O3. The minimum Gasteiger partial charge on any atom is -0.378 e. The number of nitrogens with one attached hydrogen (secondary N) is 1. The average molecular weight is 352 g/mol. The largest absolute Gasteiger partial charge is 0.378 e. The number of ketones is 1. The molecule has 0 atom stereocenters. The summed E-state index contributed by atoms with van der Waals surface area (Å²) in [6.07, 6.45) is 1.25. The third-order valence-corrected chi connectivity index (χ3v) is 4.43. The van der Waals surface area contributed by atoms with Gasteiger partial charge in [-0.1, -0.05) is 42.5 Å². The summed E-state index contributed by atoms with van der Waals surface area (Å²) in [5.74, 6) is 0.0127. The van der Waals surface area contributed by atoms with Crippen molar-refractivity contribution < 1.29 is 14.3 Å². The van der Waals surface area contributed by atoms with Gasteiger partial charge in [0, 0.05) is 31.5 Å². The zero-order chi connectivity index (χ0) is 18.2. The second kappa shape index (κ2) is 9.15. The van der Waals surface area contributed by atoms with E-state index in [1.54, 1.807) is 12.1 Å². The molecule has 2 aromatic rings. The van der Waals surface area contributed by atoms with Crippen LogP contribution in [0.25, 0.3) is 0 Å². The Kier molecular flexibility index (Phi) is 6.39. The summed E-state index contributed by atoms with van der Waals surface area (Å²) in [6, 6.07) is 17.0. The summed E-state index contributed by atoms with van der Waals surface area (Å²) in [6.45, 7) is 3.03. The van der Waals surface area contributed by atoms with Crippen LogP contribution in [-0.4, -0.2) is 38.0 Å². The smallest absolute Gasteiger partial charge is 0.224 e. The lowest BCUT2D eigenvalue weighted by Crippen LogP contribution is -2.36. The Morgan fingerprint density at radius 2 is 1.62 bits per heavy atom. The lowest BCUT2D eigenvalue weighted by molar-refractivity contribution is -0.116. The number of nitrogens with zero attached hydrogens (tertiary/aromatic N) is 1. The molecule has 0 saturated carbocycles. The molecule has 5 heteroatoms. The summed E-state index contributed by atoms with van der Waals surface area (Å²) >= 11 is 0. The van der Waals surface area contributed by atoms with Crippen molar-refractivity contribution in [1.29, 1.82) is 0 Å². The molecule has 1 amide bonds. The summed E-state index contributed by atoms with van der Waals surface area (Å²) < 4.78 is 5.39. The van der Waals surface area contributed by atoms with Gasteiger partial charge < -0.3 is 15.0 Å². The van der Waals surface area contributed by atoms with Crippen LogP contribution in [0.2, 0.25) is 0 Å². The maximum Gasteiger partial charge on any atom is 0.224 e. The van der Waals surface area contributed by atoms with Gasteiger partial charge in [-0.15, -0.1) is 0 Å². The molecule has 5 nitrogen and oxygen atoms in total. The first-order chi connectivity index (χ1) is 12.7. The summed E-state index contributed by atoms with van der Waals surface area (Å²) in [5, 5.41) is 2.99. The predicted molar refractivity (Wildman–Crippen MR) is 103 cm³/mol. The fraction of sp³-hybridized carbons (Fsp3) is 0.333. The van der Waals surface area contributed by atoms with Crippen molar-refractivity contribution in [2.75, 3.05) is 36.5 Å². The zero-order valence-electron chi connectivity index (χ0n) is 14.8. The van der Waals surface area contributed by atoms with E-state index in [0.29, 0.717) is 38.0 Å². The van der Waals surface area contributed by atoms with Gasteiger partial charge in [0.25, 0.3) is 0 Å². The fourth-order valence-electron chi connectivity index (χ4n) is 3.05. The van der Waals surface area contributed by atoms with E-state index >= 15 is 0 Å². The molecule has 0 radical (unpaired) electrons. The molecule has 3 rings (SSSR count). The summed E-state index contributed by atoms with van der Waals surface area (Å²) in [7, 11) is 0. The van der Waals surface area contributed by atoms with E-state index in [1.807, 2.05) is 42.5 Å². The molecule has 136 valence electrons. The van der Waals surface area contributed by atoms with E-state index in [4.69, 9.17) is 4.74 Å². The molecule has 0 spiro atoms. The number of anilines is 2. The number of hydrogen-bond donors (Lipinski definition) is 1. The Labute approximate surface area is 154 Å². The van der Waals surface area contributed by atoms with E-state index in [0.717, 1.165) is 24.5 Å². The number of carbonyl (C=O) groups excluding carboxylic acids is 2. The molecule has 0 bridgehead atoms. The Morgan fingerprint density at radius 1 is 0.923 bits per heavy atom. The second-order valence-electron chi connectivity index (χ2n) is 6.31. The first-order valence-electron chi connectivity index (χ1n) is 9.04. The van der Waals surface area contributed by atoms with Crippen LogP contribution in [0.3, 0.4) is 0 Å². The van der Waals surface area contributed by atoms with Crippen LogP contribution in [0.15, 0.2) is 54.6 Å². The van der Waals surface area contributed by atoms with Gasteiger partial charge in [0.15, 0.2) is 5.78 Å². The van der Waals surface area contributed by atoms with Crippen molar-refractivity contribution in [1.82, 2.24) is 0 Å². The highest BCUT2D eigenvalue weighted by molar-refractivity contribution is 5.97. The highest BCUT2D eigenvalue weighted by Gasteiger charge is 2.16. The van der Waals surface area contributed by atoms with Gasteiger partial charge in [0.1, 0.15) is 0 Å². The van der Waals surface area contributed by atoms with Gasteiger partial charge in [0.05, 0.1) is 24.6 Å². The predicted octanol–water partition coefficient (Wildman–Crippen LogP) is 3.51. The van der Waals surface area contributed by atoms with E-state index in [-0.39, 0.29) is 11.7 Å². The molecule has 26 heavy (non-hydrogen) atoms. The lowest BCUT2D eigenvalue weighted by Gasteiger charge is -2.30. The second-order valence-corrected chi connectivity index (χ2v) is 6.31. The monoisotopic (exact) mass is 352 g/mol. The number of hydrogen-bond acceptors (Lipinski definition) is 4. The summed E-state index contributed by atoms with van der Waals surface area (Å²) in [4.78, 5) is 26.6. The lowest BCUT2D eigenvalue weighted by atomic mass is 10.1. The fourth-order valence-corrected chi connectivity index (χ4v) is 3.05. The van der Waals surface area contributed by atoms with Gasteiger partial charge in [0.2, 0.25) is 5.91 Å². The average Bonchev–Trinajstić information content (AvgIpc) is 2.69. The first kappa shape index (κ1) is 18.1. The van der Waals surface area contributed by atoms with Gasteiger partial charge in [-0.3, -0.25) is 9.59 Å². The minimum atomic E-state index is -0.0634. The summed E-state index contributed by atoms with van der Waals surface area (Å²) in [5.41, 5.74) is 2.53. The molecule has 0 unspecified atom stereocenters. The highest BCUT2D eigenvalue weighted by Crippen LogP contribution is 2.26. The van der Waals surface area contributed by atoms with Crippen LogP contribution >= 0.6 is 0 Å². The van der Waals surface area contributed by atoms with Crippen LogP contribution < -0.4 is 10.2 Å². The highest BCUT2D eigenvalue weighted by atomic mass is 16.5. The van der Waals surface area contributed by atoms with E-state index in [1.165, 1.54) is 0 Å². The Morgan fingerprint density at radius 3 is 2.38 bits per heavy atom. The number of morpholine rings is 1. The van der Waals surface area contributed by atoms with Gasteiger partial charge in [-0.05, 0) is 18.6 Å². The van der Waals surface area contributed by atoms with Crippen molar-refractivity contribution in [2.24, 2.45) is 0 Å². The number of Topliss-reactive ketones (excluding diaryl/α,β-unsaturated/α-hetero) is 1. The van der Waals surface area contributed by atoms with E-state index in [2.05, 4.69) is 10.2 Å². The molecule has 2 aromatic carbocycles. The van der Waals surface area contributed by atoms with Gasteiger partial charge in [-0.2, -0.15) is 0 Å². The quantitative estimate of drug-likeness (QED) is 0.775. The normalized spacial score (nSPS) is 14.1. The van der Waals surface area contributed by atoms with Crippen LogP contribution in [-0.2, 0) is 9.53 Å². The third-order valence-electron chi connectivity index (χ3n) is 4.43. The molecule has 1 fully saturated rings. The van der Waals surface area contributed by atoms with Crippen molar-refractivity contribution in [3.05, 3.63) is 60.2 Å². The number of para-hydroxylation sites is 2. The Bertz CT molecular complexity index is 740. The van der Waals surface area contributed by atoms with Crippen LogP contribution in [0.4, 0.5) is 11.4 Å². The van der Waals surface area contributed by atoms with Crippen LogP contribution in [0.5, 0.6) is 0 Å². The number of rotatable bonds is 7. The number of amides is 1. The van der Waals surface area contributed by atoms with E-state index < -0.39 is 0 Å². The molecule has 1 saturated heterocycles. The Hall–Kier alpha value is -2.66. The van der Waals surface area contributed by atoms with Crippen molar-refractivity contribution >= 4 is 23.1 Å². The number of carbonyl (C=O) groups is 2. The Balaban J connectivity index is 1.51. The molecule has 1 aliphatic heterocycles. The molecule has 0 aromatic heterocycles. The van der Waals surface area contributed by atoms with Crippen molar-refractivity contribution in [3.8, 4) is 0 Å². The van der Waals surface area contributed by atoms with E-state index in [9.17, 15) is 9.59 Å². The topological polar surface area (TPSA) is 58.6 Å². The van der Waals surface area contributed by atoms with Gasteiger partial charge in [-0.25, -0.2) is 0 Å². The first-order valence-corrected chi connectivity index (χ1v) is 9.04. The van der Waals surface area contributed by atoms with Crippen molar-refractivity contribution in [2.45, 2.75) is 19.3 Å². The van der Waals surface area contributed by atoms with Crippen molar-refractivity contribution in [3.63, 3.8) is 0 Å². The van der Waals surface area contributed by atoms with Crippen LogP contribution in [0.1, 0.15) is 29.6 Å². The minimum absolute atomic E-state index is 0.0634. The molecule has 0 aliphatic carbocycles. The maximum atomic E-state index is 12.3. The third kappa shape index (κ3) is 4.92. The number of ether oxygens (including phenoxy) is 1. The SMILES string of the molecule is O=C(CCCC(=O)c1ccccc1)Nc1ccccc1N1CCOCC1. The molecular weight excluding hydrogens is 328 g/mol. The van der Waals surface area contributed by atoms with Gasteiger partial charge >= 0.3 is 0 Å².